The van der Waals surface area contributed by atoms with E-state index < -0.39 is 17.3 Å². The summed E-state index contributed by atoms with van der Waals surface area (Å²) in [5.74, 6) is -0.986. The molecule has 1 N–H and O–H groups in total. The highest BCUT2D eigenvalue weighted by Crippen LogP contribution is 2.35. The van der Waals surface area contributed by atoms with E-state index in [1.807, 2.05) is 60.0 Å². The molecule has 3 heterocycles. The zero-order chi connectivity index (χ0) is 26.9. The predicted molar refractivity (Wildman–Crippen MR) is 151 cm³/mol. The molecule has 39 heavy (non-hydrogen) atoms. The van der Waals surface area contributed by atoms with E-state index in [2.05, 4.69) is 20.4 Å². The van der Waals surface area contributed by atoms with E-state index in [4.69, 9.17) is 0 Å². The smallest absolute Gasteiger partial charge is 0.276 e. The Labute approximate surface area is 226 Å². The SMILES string of the molecule is Cc1cc(=O)n(-c2cccc(F)c2)nc1C(=O)Nc1ccc(-c2ccccc2-c2ncnc3sccc23)cc1. The van der Waals surface area contributed by atoms with Crippen molar-refractivity contribution in [1.82, 2.24) is 19.7 Å². The zero-order valence-corrected chi connectivity index (χ0v) is 21.4. The molecule has 0 saturated carbocycles. The molecule has 0 aliphatic heterocycles. The maximum absolute atomic E-state index is 13.7. The van der Waals surface area contributed by atoms with Crippen LogP contribution in [0, 0.1) is 12.7 Å². The number of nitrogens with one attached hydrogen (secondary N) is 1. The van der Waals surface area contributed by atoms with Gasteiger partial charge in [-0.05, 0) is 65.4 Å². The van der Waals surface area contributed by atoms with Gasteiger partial charge in [0.25, 0.3) is 11.5 Å². The lowest BCUT2D eigenvalue weighted by molar-refractivity contribution is 0.102. The van der Waals surface area contributed by atoms with Crippen LogP contribution in [0.2, 0.25) is 0 Å². The van der Waals surface area contributed by atoms with E-state index in [0.29, 0.717) is 11.3 Å². The lowest BCUT2D eigenvalue weighted by atomic mass is 9.96. The van der Waals surface area contributed by atoms with Crippen molar-refractivity contribution in [2.45, 2.75) is 6.92 Å². The Balaban J connectivity index is 1.29. The molecule has 6 aromatic rings. The third-order valence-corrected chi connectivity index (χ3v) is 7.11. The third-order valence-electron chi connectivity index (χ3n) is 6.29. The first-order valence-electron chi connectivity index (χ1n) is 12.0. The van der Waals surface area contributed by atoms with Crippen molar-refractivity contribution in [1.29, 1.82) is 0 Å². The first kappa shape index (κ1) is 24.3. The quantitative estimate of drug-likeness (QED) is 0.282. The Hall–Kier alpha value is -5.02. The number of halogens is 1. The first-order valence-corrected chi connectivity index (χ1v) is 12.9. The summed E-state index contributed by atoms with van der Waals surface area (Å²) in [6.45, 7) is 1.64. The van der Waals surface area contributed by atoms with Gasteiger partial charge in [-0.2, -0.15) is 9.78 Å². The minimum atomic E-state index is -0.506. The molecule has 1 amide bonds. The number of rotatable bonds is 5. The van der Waals surface area contributed by atoms with Gasteiger partial charge >= 0.3 is 0 Å². The highest BCUT2D eigenvalue weighted by atomic mass is 32.1. The number of anilines is 1. The van der Waals surface area contributed by atoms with Gasteiger partial charge in [0.1, 0.15) is 17.0 Å². The van der Waals surface area contributed by atoms with Gasteiger partial charge in [-0.25, -0.2) is 14.4 Å². The molecule has 6 rings (SSSR count). The average molecular weight is 534 g/mol. The van der Waals surface area contributed by atoms with Gasteiger partial charge in [0.2, 0.25) is 0 Å². The van der Waals surface area contributed by atoms with Gasteiger partial charge in [-0.15, -0.1) is 11.3 Å². The van der Waals surface area contributed by atoms with E-state index in [1.165, 1.54) is 24.3 Å². The fourth-order valence-electron chi connectivity index (χ4n) is 4.43. The van der Waals surface area contributed by atoms with E-state index in [-0.39, 0.29) is 11.4 Å². The van der Waals surface area contributed by atoms with Gasteiger partial charge in [-0.3, -0.25) is 9.59 Å². The molecule has 7 nitrogen and oxygen atoms in total. The number of aryl methyl sites for hydroxylation is 1. The largest absolute Gasteiger partial charge is 0.321 e. The molecule has 0 saturated heterocycles. The summed E-state index contributed by atoms with van der Waals surface area (Å²) in [5.41, 5.74) is 4.64. The topological polar surface area (TPSA) is 89.8 Å². The fraction of sp³-hybridized carbons (Fsp3) is 0.0333. The van der Waals surface area contributed by atoms with Crippen LogP contribution in [-0.4, -0.2) is 25.7 Å². The lowest BCUT2D eigenvalue weighted by Crippen LogP contribution is -2.26. The Bertz CT molecular complexity index is 1910. The number of hydrogen-bond acceptors (Lipinski definition) is 6. The van der Waals surface area contributed by atoms with Gasteiger partial charge < -0.3 is 5.32 Å². The Kier molecular flexibility index (Phi) is 6.26. The van der Waals surface area contributed by atoms with Crippen LogP contribution in [0.25, 0.3) is 38.3 Å². The van der Waals surface area contributed by atoms with Gasteiger partial charge in [0.15, 0.2) is 5.69 Å². The normalized spacial score (nSPS) is 11.0. The van der Waals surface area contributed by atoms with Gasteiger partial charge in [-0.1, -0.05) is 42.5 Å². The number of thiophene rings is 1. The molecule has 9 heteroatoms. The Morgan fingerprint density at radius 2 is 1.72 bits per heavy atom. The molecule has 0 radical (unpaired) electrons. The molecule has 0 spiro atoms. The molecule has 0 aliphatic carbocycles. The number of hydrogen-bond donors (Lipinski definition) is 1. The van der Waals surface area contributed by atoms with Crippen LogP contribution < -0.4 is 10.9 Å². The molecular formula is C30H20FN5O2S. The summed E-state index contributed by atoms with van der Waals surface area (Å²) < 4.78 is 14.7. The third kappa shape index (κ3) is 4.71. The van der Waals surface area contributed by atoms with Crippen LogP contribution in [0.15, 0.2) is 101 Å². The molecule has 3 aromatic carbocycles. The highest BCUT2D eigenvalue weighted by Gasteiger charge is 2.16. The number of fused-ring (bicyclic) bond motifs is 1. The van der Waals surface area contributed by atoms with E-state index in [9.17, 15) is 14.0 Å². The van der Waals surface area contributed by atoms with Crippen molar-refractivity contribution in [3.63, 3.8) is 0 Å². The summed E-state index contributed by atoms with van der Waals surface area (Å²) in [6.07, 6.45) is 1.58. The second kappa shape index (κ2) is 10.0. The van der Waals surface area contributed by atoms with Crippen LogP contribution in [0.3, 0.4) is 0 Å². The van der Waals surface area contributed by atoms with Crippen LogP contribution in [0.4, 0.5) is 10.1 Å². The first-order chi connectivity index (χ1) is 19.0. The Morgan fingerprint density at radius 1 is 0.923 bits per heavy atom. The zero-order valence-electron chi connectivity index (χ0n) is 20.6. The Morgan fingerprint density at radius 3 is 2.51 bits per heavy atom. The summed E-state index contributed by atoms with van der Waals surface area (Å²) in [4.78, 5) is 35.4. The molecule has 0 atom stereocenters. The monoisotopic (exact) mass is 533 g/mol. The number of amides is 1. The fourth-order valence-corrected chi connectivity index (χ4v) is 5.16. The highest BCUT2D eigenvalue weighted by molar-refractivity contribution is 7.16. The molecule has 3 aromatic heterocycles. The minimum absolute atomic E-state index is 0.0665. The number of aromatic nitrogens is 4. The standard InChI is InChI=1S/C30H20FN5O2S/c1-18-15-26(37)36(22-6-4-5-20(31)16-22)35-27(18)29(38)34-21-11-9-19(10-12-21)23-7-2-3-8-24(23)28-25-13-14-39-30(25)33-17-32-28/h2-17H,1H3,(H,34,38). The van der Waals surface area contributed by atoms with Crippen molar-refractivity contribution in [2.24, 2.45) is 0 Å². The number of nitrogens with zero attached hydrogens (tertiary/aromatic N) is 4. The number of carbonyl (C=O) groups excluding carboxylic acids is 1. The molecule has 0 fully saturated rings. The van der Waals surface area contributed by atoms with Crippen LogP contribution >= 0.6 is 11.3 Å². The average Bonchev–Trinajstić information content (AvgIpc) is 3.43. The molecule has 0 aliphatic rings. The van der Waals surface area contributed by atoms with Crippen LogP contribution in [-0.2, 0) is 0 Å². The van der Waals surface area contributed by atoms with Crippen molar-refractivity contribution in [2.75, 3.05) is 5.32 Å². The second-order valence-corrected chi connectivity index (χ2v) is 9.74. The maximum atomic E-state index is 13.7. The van der Waals surface area contributed by atoms with Crippen LogP contribution in [0.1, 0.15) is 16.1 Å². The number of carbonyl (C=O) groups is 1. The summed E-state index contributed by atoms with van der Waals surface area (Å²) in [6, 6.07) is 24.3. The minimum Gasteiger partial charge on any atom is -0.321 e. The summed E-state index contributed by atoms with van der Waals surface area (Å²) in [7, 11) is 0. The van der Waals surface area contributed by atoms with Crippen molar-refractivity contribution < 1.29 is 9.18 Å². The molecule has 190 valence electrons. The van der Waals surface area contributed by atoms with Crippen molar-refractivity contribution >= 4 is 33.1 Å². The maximum Gasteiger partial charge on any atom is 0.276 e. The van der Waals surface area contributed by atoms with Crippen molar-refractivity contribution in [3.8, 4) is 28.1 Å². The van der Waals surface area contributed by atoms with Gasteiger partial charge in [0.05, 0.1) is 11.4 Å². The molecule has 0 bridgehead atoms. The lowest BCUT2D eigenvalue weighted by Gasteiger charge is -2.12. The van der Waals surface area contributed by atoms with E-state index in [1.54, 1.807) is 30.7 Å². The van der Waals surface area contributed by atoms with Crippen LogP contribution in [0.5, 0.6) is 0 Å². The van der Waals surface area contributed by atoms with Crippen molar-refractivity contribution in [3.05, 3.63) is 124 Å². The summed E-state index contributed by atoms with van der Waals surface area (Å²) >= 11 is 1.57. The number of benzene rings is 3. The molecular weight excluding hydrogens is 513 g/mol. The van der Waals surface area contributed by atoms with E-state index in [0.717, 1.165) is 37.3 Å². The van der Waals surface area contributed by atoms with Gasteiger partial charge in [0, 0.05) is 22.7 Å². The summed E-state index contributed by atoms with van der Waals surface area (Å²) in [5, 5.41) is 10.1. The molecule has 0 unspecified atom stereocenters. The second-order valence-electron chi connectivity index (χ2n) is 8.84. The predicted octanol–water partition coefficient (Wildman–Crippen LogP) is 6.27. The van der Waals surface area contributed by atoms with E-state index >= 15 is 0 Å².